The number of aromatic nitrogens is 2. The lowest BCUT2D eigenvalue weighted by atomic mass is 9.77. The number of hydrogen-bond donors (Lipinski definition) is 0. The van der Waals surface area contributed by atoms with Crippen LogP contribution in [0.4, 0.5) is 0 Å². The first kappa shape index (κ1) is 15.9. The molecule has 4 rings (SSSR count). The highest BCUT2D eigenvalue weighted by Crippen LogP contribution is 2.43. The number of likely N-dealkylation sites (tertiary alicyclic amines) is 1. The molecule has 0 radical (unpaired) electrons. The van der Waals surface area contributed by atoms with Gasteiger partial charge in [0.2, 0.25) is 0 Å². The fourth-order valence-electron chi connectivity index (χ4n) is 4.47. The molecule has 24 heavy (non-hydrogen) atoms. The van der Waals surface area contributed by atoms with Crippen molar-refractivity contribution in [1.82, 2.24) is 14.5 Å². The Bertz CT molecular complexity index is 703. The van der Waals surface area contributed by atoms with Gasteiger partial charge in [-0.3, -0.25) is 0 Å². The Hall–Kier alpha value is -1.61. The van der Waals surface area contributed by atoms with E-state index in [9.17, 15) is 0 Å². The second-order valence-electron chi connectivity index (χ2n) is 8.38. The Labute approximate surface area is 145 Å². The van der Waals surface area contributed by atoms with E-state index >= 15 is 0 Å². The molecule has 2 aromatic rings. The zero-order valence-corrected chi connectivity index (χ0v) is 15.3. The van der Waals surface area contributed by atoms with Gasteiger partial charge in [0.1, 0.15) is 5.82 Å². The standard InChI is InChI=1S/C21H29N3/c1-16(2)14-23-10-8-21(9-11-23)12-20-22-13-19(24(20)15-21)18-6-4-17(3)5-7-18/h4-7,13,16H,8-12,14-15H2,1-3H3. The first-order chi connectivity index (χ1) is 11.5. The number of piperidine rings is 1. The summed E-state index contributed by atoms with van der Waals surface area (Å²) in [5.41, 5.74) is 4.37. The maximum Gasteiger partial charge on any atom is 0.109 e. The molecular weight excluding hydrogens is 294 g/mol. The Morgan fingerprint density at radius 1 is 1.12 bits per heavy atom. The lowest BCUT2D eigenvalue weighted by molar-refractivity contribution is 0.0948. The molecule has 1 saturated heterocycles. The summed E-state index contributed by atoms with van der Waals surface area (Å²) in [6.45, 7) is 11.7. The van der Waals surface area contributed by atoms with Crippen molar-refractivity contribution in [3.63, 3.8) is 0 Å². The van der Waals surface area contributed by atoms with Crippen LogP contribution in [0.5, 0.6) is 0 Å². The minimum atomic E-state index is 0.455. The number of rotatable bonds is 3. The van der Waals surface area contributed by atoms with Gasteiger partial charge in [-0.05, 0) is 49.8 Å². The Morgan fingerprint density at radius 3 is 2.50 bits per heavy atom. The number of hydrogen-bond acceptors (Lipinski definition) is 2. The monoisotopic (exact) mass is 323 g/mol. The molecule has 128 valence electrons. The Morgan fingerprint density at radius 2 is 1.83 bits per heavy atom. The smallest absolute Gasteiger partial charge is 0.109 e. The maximum atomic E-state index is 4.76. The van der Waals surface area contributed by atoms with Gasteiger partial charge in [-0.2, -0.15) is 0 Å². The van der Waals surface area contributed by atoms with Crippen LogP contribution >= 0.6 is 0 Å². The summed E-state index contributed by atoms with van der Waals surface area (Å²) in [5, 5.41) is 0. The van der Waals surface area contributed by atoms with Gasteiger partial charge in [0.05, 0.1) is 11.9 Å². The van der Waals surface area contributed by atoms with Crippen molar-refractivity contribution in [3.8, 4) is 11.3 Å². The lowest BCUT2D eigenvalue weighted by Gasteiger charge is -2.39. The summed E-state index contributed by atoms with van der Waals surface area (Å²) in [7, 11) is 0. The molecule has 0 atom stereocenters. The van der Waals surface area contributed by atoms with Crippen molar-refractivity contribution in [3.05, 3.63) is 41.9 Å². The Balaban J connectivity index is 1.50. The van der Waals surface area contributed by atoms with Gasteiger partial charge >= 0.3 is 0 Å². The van der Waals surface area contributed by atoms with E-state index in [2.05, 4.69) is 60.7 Å². The van der Waals surface area contributed by atoms with Crippen LogP contribution in [0.15, 0.2) is 30.5 Å². The SMILES string of the molecule is Cc1ccc(-c2cnc3n2CC2(CCN(CC(C)C)CC2)C3)cc1. The van der Waals surface area contributed by atoms with Crippen molar-refractivity contribution < 1.29 is 0 Å². The molecule has 0 saturated carbocycles. The van der Waals surface area contributed by atoms with Gasteiger partial charge in [-0.15, -0.1) is 0 Å². The average Bonchev–Trinajstić information content (AvgIpc) is 3.08. The van der Waals surface area contributed by atoms with Crippen molar-refractivity contribution in [1.29, 1.82) is 0 Å². The van der Waals surface area contributed by atoms with E-state index in [1.807, 2.05) is 0 Å². The van der Waals surface area contributed by atoms with Crippen LogP contribution in [0.3, 0.4) is 0 Å². The predicted octanol–water partition coefficient (Wildman–Crippen LogP) is 4.15. The van der Waals surface area contributed by atoms with Crippen molar-refractivity contribution >= 4 is 0 Å². The van der Waals surface area contributed by atoms with E-state index in [0.29, 0.717) is 5.41 Å². The molecule has 1 spiro atoms. The van der Waals surface area contributed by atoms with Gasteiger partial charge in [-0.25, -0.2) is 4.98 Å². The molecule has 0 N–H and O–H groups in total. The van der Waals surface area contributed by atoms with E-state index in [1.54, 1.807) is 0 Å². The first-order valence-corrected chi connectivity index (χ1v) is 9.38. The quantitative estimate of drug-likeness (QED) is 0.846. The van der Waals surface area contributed by atoms with E-state index in [1.165, 1.54) is 55.1 Å². The summed E-state index contributed by atoms with van der Waals surface area (Å²) in [6, 6.07) is 8.86. The van der Waals surface area contributed by atoms with E-state index in [0.717, 1.165) is 18.9 Å². The number of aryl methyl sites for hydroxylation is 1. The fraction of sp³-hybridized carbons (Fsp3) is 0.571. The summed E-state index contributed by atoms with van der Waals surface area (Å²) in [6.07, 6.45) is 5.86. The summed E-state index contributed by atoms with van der Waals surface area (Å²) in [4.78, 5) is 7.41. The second-order valence-corrected chi connectivity index (χ2v) is 8.38. The molecule has 0 amide bonds. The van der Waals surface area contributed by atoms with Gasteiger partial charge in [0, 0.05) is 19.5 Å². The molecule has 0 unspecified atom stereocenters. The van der Waals surface area contributed by atoms with E-state index in [-0.39, 0.29) is 0 Å². The van der Waals surface area contributed by atoms with Crippen LogP contribution < -0.4 is 0 Å². The normalized spacial score (nSPS) is 20.0. The summed E-state index contributed by atoms with van der Waals surface area (Å²) < 4.78 is 2.49. The number of imidazole rings is 1. The van der Waals surface area contributed by atoms with Crippen molar-refractivity contribution in [2.24, 2.45) is 11.3 Å². The highest BCUT2D eigenvalue weighted by Gasteiger charge is 2.41. The summed E-state index contributed by atoms with van der Waals surface area (Å²) >= 11 is 0. The van der Waals surface area contributed by atoms with Gasteiger partial charge in [-0.1, -0.05) is 43.7 Å². The van der Waals surface area contributed by atoms with Crippen molar-refractivity contribution in [2.45, 2.75) is 46.6 Å². The minimum absolute atomic E-state index is 0.455. The molecule has 2 aliphatic rings. The van der Waals surface area contributed by atoms with E-state index < -0.39 is 0 Å². The number of benzene rings is 1. The molecule has 2 aliphatic heterocycles. The molecule has 1 aromatic carbocycles. The van der Waals surface area contributed by atoms with Crippen LogP contribution in [0.25, 0.3) is 11.3 Å². The van der Waals surface area contributed by atoms with Crippen LogP contribution in [0.2, 0.25) is 0 Å². The molecular formula is C21H29N3. The van der Waals surface area contributed by atoms with Gasteiger partial charge in [0.25, 0.3) is 0 Å². The van der Waals surface area contributed by atoms with Crippen LogP contribution in [-0.4, -0.2) is 34.1 Å². The molecule has 0 bridgehead atoms. The summed E-state index contributed by atoms with van der Waals surface area (Å²) in [5.74, 6) is 2.06. The third-order valence-corrected chi connectivity index (χ3v) is 5.85. The van der Waals surface area contributed by atoms with Crippen LogP contribution in [-0.2, 0) is 13.0 Å². The molecule has 3 heteroatoms. The minimum Gasteiger partial charge on any atom is -0.327 e. The third-order valence-electron chi connectivity index (χ3n) is 5.85. The van der Waals surface area contributed by atoms with Crippen LogP contribution in [0.1, 0.15) is 38.1 Å². The highest BCUT2D eigenvalue weighted by molar-refractivity contribution is 5.60. The third kappa shape index (κ3) is 2.90. The maximum absolute atomic E-state index is 4.76. The first-order valence-electron chi connectivity index (χ1n) is 9.38. The Kier molecular flexibility index (Phi) is 4.00. The fourth-order valence-corrected chi connectivity index (χ4v) is 4.47. The topological polar surface area (TPSA) is 21.1 Å². The van der Waals surface area contributed by atoms with Gasteiger partial charge < -0.3 is 9.47 Å². The van der Waals surface area contributed by atoms with Gasteiger partial charge in [0.15, 0.2) is 0 Å². The predicted molar refractivity (Wildman–Crippen MR) is 99.0 cm³/mol. The molecule has 3 nitrogen and oxygen atoms in total. The zero-order chi connectivity index (χ0) is 16.7. The second kappa shape index (κ2) is 6.03. The van der Waals surface area contributed by atoms with E-state index in [4.69, 9.17) is 4.98 Å². The van der Waals surface area contributed by atoms with Crippen LogP contribution in [0, 0.1) is 18.3 Å². The number of fused-ring (bicyclic) bond motifs is 1. The lowest BCUT2D eigenvalue weighted by Crippen LogP contribution is -2.42. The number of nitrogens with zero attached hydrogens (tertiary/aromatic N) is 3. The molecule has 0 aliphatic carbocycles. The highest BCUT2D eigenvalue weighted by atomic mass is 15.2. The largest absolute Gasteiger partial charge is 0.327 e. The molecule has 3 heterocycles. The van der Waals surface area contributed by atoms with Crippen molar-refractivity contribution in [2.75, 3.05) is 19.6 Å². The molecule has 1 fully saturated rings. The zero-order valence-electron chi connectivity index (χ0n) is 15.3. The average molecular weight is 323 g/mol. The molecule has 1 aromatic heterocycles.